The first-order valence-electron chi connectivity index (χ1n) is 6.19. The Morgan fingerprint density at radius 2 is 2.10 bits per heavy atom. The lowest BCUT2D eigenvalue weighted by molar-refractivity contribution is 0.102. The van der Waals surface area contributed by atoms with E-state index >= 15 is 0 Å². The fourth-order valence-corrected chi connectivity index (χ4v) is 2.30. The number of ether oxygens (including phenoxy) is 1. The second-order valence-corrected chi connectivity index (χ2v) is 4.95. The average Bonchev–Trinajstić information content (AvgIpc) is 2.90. The van der Waals surface area contributed by atoms with Crippen LogP contribution in [0.5, 0.6) is 11.5 Å². The molecule has 0 saturated carbocycles. The Morgan fingerprint density at radius 3 is 2.90 bits per heavy atom. The minimum absolute atomic E-state index is 0.0145. The molecule has 0 unspecified atom stereocenters. The number of benzene rings is 2. The molecule has 5 heteroatoms. The lowest BCUT2D eigenvalue weighted by Crippen LogP contribution is -2.11. The normalized spacial score (nSPS) is 12.7. The maximum Gasteiger partial charge on any atom is 0.255 e. The van der Waals surface area contributed by atoms with Crippen LogP contribution in [0.25, 0.3) is 0 Å². The maximum atomic E-state index is 12.2. The number of rotatable bonds is 2. The summed E-state index contributed by atoms with van der Waals surface area (Å²) in [4.78, 5) is 12.2. The molecule has 0 fully saturated rings. The first-order chi connectivity index (χ1) is 9.63. The van der Waals surface area contributed by atoms with Crippen molar-refractivity contribution in [2.45, 2.75) is 6.42 Å². The van der Waals surface area contributed by atoms with Gasteiger partial charge in [0.1, 0.15) is 11.5 Å². The summed E-state index contributed by atoms with van der Waals surface area (Å²) in [5.41, 5.74) is 2.15. The molecule has 0 atom stereocenters. The van der Waals surface area contributed by atoms with Crippen LogP contribution in [0.15, 0.2) is 36.4 Å². The standard InChI is InChI=1S/C15H12ClNO3/c16-12-8-11(2-3-13(12)18)17-15(19)10-1-4-14-9(7-10)5-6-20-14/h1-4,7-8,18H,5-6H2,(H,17,19). The first-order valence-corrected chi connectivity index (χ1v) is 6.57. The van der Waals surface area contributed by atoms with Crippen LogP contribution in [0.4, 0.5) is 5.69 Å². The van der Waals surface area contributed by atoms with E-state index < -0.39 is 0 Å². The monoisotopic (exact) mass is 289 g/mol. The van der Waals surface area contributed by atoms with Gasteiger partial charge in [0.05, 0.1) is 11.6 Å². The largest absolute Gasteiger partial charge is 0.506 e. The number of phenolic OH excluding ortho intramolecular Hbond substituents is 1. The predicted octanol–water partition coefficient (Wildman–Crippen LogP) is 3.23. The van der Waals surface area contributed by atoms with Crippen LogP contribution in [0.2, 0.25) is 5.02 Å². The summed E-state index contributed by atoms with van der Waals surface area (Å²) in [6, 6.07) is 9.90. The molecule has 0 aromatic heterocycles. The van der Waals surface area contributed by atoms with Gasteiger partial charge in [-0.05, 0) is 42.0 Å². The van der Waals surface area contributed by atoms with Gasteiger partial charge in [-0.3, -0.25) is 4.79 Å². The molecule has 0 saturated heterocycles. The number of fused-ring (bicyclic) bond motifs is 1. The third-order valence-electron chi connectivity index (χ3n) is 3.16. The molecule has 0 radical (unpaired) electrons. The van der Waals surface area contributed by atoms with Crippen LogP contribution in [0, 0.1) is 0 Å². The van der Waals surface area contributed by atoms with Crippen molar-refractivity contribution in [1.29, 1.82) is 0 Å². The first kappa shape index (κ1) is 12.8. The fourth-order valence-electron chi connectivity index (χ4n) is 2.12. The molecule has 2 aromatic rings. The summed E-state index contributed by atoms with van der Waals surface area (Å²) in [7, 11) is 0. The third kappa shape index (κ3) is 2.42. The Balaban J connectivity index is 1.80. The number of nitrogens with one attached hydrogen (secondary N) is 1. The number of hydrogen-bond donors (Lipinski definition) is 2. The number of phenols is 1. The molecule has 2 N–H and O–H groups in total. The second-order valence-electron chi connectivity index (χ2n) is 4.54. The van der Waals surface area contributed by atoms with E-state index in [0.717, 1.165) is 17.7 Å². The van der Waals surface area contributed by atoms with Crippen molar-refractivity contribution in [3.8, 4) is 11.5 Å². The highest BCUT2D eigenvalue weighted by molar-refractivity contribution is 6.32. The Hall–Kier alpha value is -2.20. The van der Waals surface area contributed by atoms with Crippen LogP contribution in [-0.4, -0.2) is 17.6 Å². The summed E-state index contributed by atoms with van der Waals surface area (Å²) in [5, 5.41) is 12.3. The molecule has 1 aliphatic heterocycles. The van der Waals surface area contributed by atoms with Gasteiger partial charge < -0.3 is 15.2 Å². The van der Waals surface area contributed by atoms with Gasteiger partial charge in [0, 0.05) is 17.7 Å². The number of amides is 1. The minimum atomic E-state index is -0.221. The van der Waals surface area contributed by atoms with Crippen molar-refractivity contribution < 1.29 is 14.6 Å². The molecule has 1 amide bonds. The molecular weight excluding hydrogens is 278 g/mol. The van der Waals surface area contributed by atoms with E-state index in [9.17, 15) is 9.90 Å². The van der Waals surface area contributed by atoms with E-state index in [2.05, 4.69) is 5.32 Å². The molecule has 102 valence electrons. The zero-order valence-electron chi connectivity index (χ0n) is 10.5. The highest BCUT2D eigenvalue weighted by atomic mass is 35.5. The number of anilines is 1. The second kappa shape index (κ2) is 5.06. The van der Waals surface area contributed by atoms with Crippen LogP contribution in [0.3, 0.4) is 0 Å². The predicted molar refractivity (Wildman–Crippen MR) is 76.7 cm³/mol. The van der Waals surface area contributed by atoms with Crippen molar-refractivity contribution in [2.75, 3.05) is 11.9 Å². The molecule has 0 bridgehead atoms. The van der Waals surface area contributed by atoms with Crippen molar-refractivity contribution >= 4 is 23.2 Å². The zero-order chi connectivity index (χ0) is 14.1. The fraction of sp³-hybridized carbons (Fsp3) is 0.133. The van der Waals surface area contributed by atoms with Gasteiger partial charge in [-0.25, -0.2) is 0 Å². The third-order valence-corrected chi connectivity index (χ3v) is 3.46. The van der Waals surface area contributed by atoms with E-state index in [-0.39, 0.29) is 16.7 Å². The average molecular weight is 290 g/mol. The molecule has 20 heavy (non-hydrogen) atoms. The zero-order valence-corrected chi connectivity index (χ0v) is 11.3. The van der Waals surface area contributed by atoms with Crippen LogP contribution in [0.1, 0.15) is 15.9 Å². The van der Waals surface area contributed by atoms with Gasteiger partial charge in [0.2, 0.25) is 0 Å². The molecule has 4 nitrogen and oxygen atoms in total. The summed E-state index contributed by atoms with van der Waals surface area (Å²) in [6.07, 6.45) is 0.821. The Bertz CT molecular complexity index is 685. The van der Waals surface area contributed by atoms with Gasteiger partial charge >= 0.3 is 0 Å². The number of aromatic hydroxyl groups is 1. The van der Waals surface area contributed by atoms with Crippen molar-refractivity contribution in [3.05, 3.63) is 52.5 Å². The molecule has 0 spiro atoms. The number of carbonyl (C=O) groups is 1. The van der Waals surface area contributed by atoms with Crippen molar-refractivity contribution in [2.24, 2.45) is 0 Å². The number of halogens is 1. The SMILES string of the molecule is O=C(Nc1ccc(O)c(Cl)c1)c1ccc2c(c1)CCO2. The Labute approximate surface area is 120 Å². The van der Waals surface area contributed by atoms with E-state index in [1.54, 1.807) is 18.2 Å². The van der Waals surface area contributed by atoms with Gasteiger partial charge in [0.25, 0.3) is 5.91 Å². The number of hydrogen-bond acceptors (Lipinski definition) is 3. The minimum Gasteiger partial charge on any atom is -0.506 e. The molecule has 3 rings (SSSR count). The van der Waals surface area contributed by atoms with E-state index in [1.165, 1.54) is 12.1 Å². The summed E-state index contributed by atoms with van der Waals surface area (Å²) in [6.45, 7) is 0.661. The van der Waals surface area contributed by atoms with Gasteiger partial charge in [-0.1, -0.05) is 11.6 Å². The molecule has 2 aromatic carbocycles. The highest BCUT2D eigenvalue weighted by Gasteiger charge is 2.15. The van der Waals surface area contributed by atoms with Crippen LogP contribution >= 0.6 is 11.6 Å². The van der Waals surface area contributed by atoms with Gasteiger partial charge in [0.15, 0.2) is 0 Å². The molecule has 1 aliphatic rings. The topological polar surface area (TPSA) is 58.6 Å². The van der Waals surface area contributed by atoms with Crippen LogP contribution in [-0.2, 0) is 6.42 Å². The lowest BCUT2D eigenvalue weighted by atomic mass is 10.1. The lowest BCUT2D eigenvalue weighted by Gasteiger charge is -2.07. The number of carbonyl (C=O) groups excluding carboxylic acids is 1. The molecule has 0 aliphatic carbocycles. The van der Waals surface area contributed by atoms with Gasteiger partial charge in [-0.2, -0.15) is 0 Å². The maximum absolute atomic E-state index is 12.2. The van der Waals surface area contributed by atoms with E-state index in [0.29, 0.717) is 17.9 Å². The van der Waals surface area contributed by atoms with E-state index in [1.807, 2.05) is 6.07 Å². The smallest absolute Gasteiger partial charge is 0.255 e. The summed E-state index contributed by atoms with van der Waals surface area (Å²) in [5.74, 6) is 0.607. The Kier molecular flexibility index (Phi) is 3.24. The van der Waals surface area contributed by atoms with Crippen molar-refractivity contribution in [3.63, 3.8) is 0 Å². The van der Waals surface area contributed by atoms with Crippen molar-refractivity contribution in [1.82, 2.24) is 0 Å². The molecule has 1 heterocycles. The van der Waals surface area contributed by atoms with Crippen LogP contribution < -0.4 is 10.1 Å². The van der Waals surface area contributed by atoms with Gasteiger partial charge in [-0.15, -0.1) is 0 Å². The molecular formula is C15H12ClNO3. The quantitative estimate of drug-likeness (QED) is 0.835. The highest BCUT2D eigenvalue weighted by Crippen LogP contribution is 2.28. The Morgan fingerprint density at radius 1 is 1.25 bits per heavy atom. The summed E-state index contributed by atoms with van der Waals surface area (Å²) < 4.78 is 5.40. The summed E-state index contributed by atoms with van der Waals surface area (Å²) >= 11 is 5.80. The van der Waals surface area contributed by atoms with E-state index in [4.69, 9.17) is 16.3 Å².